The molecule has 5 aromatic rings. The lowest BCUT2D eigenvalue weighted by Gasteiger charge is -2.29. The fourth-order valence-electron chi connectivity index (χ4n) is 7.01. The number of esters is 3. The van der Waals surface area contributed by atoms with Crippen molar-refractivity contribution in [3.8, 4) is 17.1 Å². The molecule has 0 aliphatic rings. The number of amides is 4. The van der Waals surface area contributed by atoms with Gasteiger partial charge in [-0.05, 0) is 53.8 Å². The summed E-state index contributed by atoms with van der Waals surface area (Å²) in [5.74, 6) is -5.27. The van der Waals surface area contributed by atoms with E-state index in [4.69, 9.17) is 23.4 Å². The van der Waals surface area contributed by atoms with Gasteiger partial charge in [0, 0.05) is 5.56 Å². The predicted octanol–water partition coefficient (Wildman–Crippen LogP) is 6.67. The molecule has 17 heteroatoms. The molecule has 0 radical (unpaired) electrons. The van der Waals surface area contributed by atoms with Gasteiger partial charge in [-0.3, -0.25) is 29.2 Å². The highest BCUT2D eigenvalue weighted by Crippen LogP contribution is 2.30. The molecule has 0 aliphatic carbocycles. The van der Waals surface area contributed by atoms with Crippen molar-refractivity contribution in [2.45, 2.75) is 84.3 Å². The van der Waals surface area contributed by atoms with Crippen molar-refractivity contribution in [3.63, 3.8) is 0 Å². The van der Waals surface area contributed by atoms with E-state index >= 15 is 0 Å². The van der Waals surface area contributed by atoms with E-state index in [2.05, 4.69) is 16.0 Å². The quantitative estimate of drug-likeness (QED) is 0.00822. The second kappa shape index (κ2) is 27.0. The van der Waals surface area contributed by atoms with Gasteiger partial charge in [-0.1, -0.05) is 130 Å². The van der Waals surface area contributed by atoms with Crippen molar-refractivity contribution < 1.29 is 62.1 Å². The SMILES string of the molecule is CCCCC[C@@H](C(=O)NCNC(=O)c1ccc(-c2ccc(C(=O)N[C@@H](CC(=O)OCc3ccccc3)C(=O)OCc3ccccc3)c(OCC(=O)OCc3ccccc3)c2)o1)[C@@H](CC)N(O)C=O. The number of carbonyl (C=O) groups excluding carboxylic acids is 7. The fraction of sp³-hybridized carbons (Fsp3) is 0.314. The third kappa shape index (κ3) is 16.0. The topological polar surface area (TPSA) is 229 Å². The van der Waals surface area contributed by atoms with Gasteiger partial charge in [0.15, 0.2) is 12.4 Å². The van der Waals surface area contributed by atoms with Crippen LogP contribution in [-0.2, 0) is 58.0 Å². The molecule has 358 valence electrons. The fourth-order valence-corrected chi connectivity index (χ4v) is 7.01. The van der Waals surface area contributed by atoms with Gasteiger partial charge in [-0.15, -0.1) is 0 Å². The number of carbonyl (C=O) groups is 7. The number of ether oxygens (including phenoxy) is 4. The monoisotopic (exact) mass is 932 g/mol. The summed E-state index contributed by atoms with van der Waals surface area (Å²) in [6.07, 6.45) is 2.90. The van der Waals surface area contributed by atoms with Gasteiger partial charge in [-0.25, -0.2) is 14.7 Å². The van der Waals surface area contributed by atoms with Crippen LogP contribution in [0.5, 0.6) is 5.75 Å². The van der Waals surface area contributed by atoms with Crippen LogP contribution in [0.25, 0.3) is 11.3 Å². The van der Waals surface area contributed by atoms with Crippen LogP contribution in [0.3, 0.4) is 0 Å². The number of hydrogen-bond acceptors (Lipinski definition) is 13. The Morgan fingerprint density at radius 2 is 1.31 bits per heavy atom. The Kier molecular flexibility index (Phi) is 20.3. The number of hydrogen-bond donors (Lipinski definition) is 4. The Bertz CT molecular complexity index is 2430. The summed E-state index contributed by atoms with van der Waals surface area (Å²) in [4.78, 5) is 91.3. The van der Waals surface area contributed by atoms with Gasteiger partial charge >= 0.3 is 17.9 Å². The Balaban J connectivity index is 1.32. The molecule has 1 heterocycles. The van der Waals surface area contributed by atoms with E-state index in [0.717, 1.165) is 18.4 Å². The lowest BCUT2D eigenvalue weighted by atomic mass is 9.90. The van der Waals surface area contributed by atoms with E-state index in [9.17, 15) is 38.8 Å². The van der Waals surface area contributed by atoms with E-state index < -0.39 is 66.7 Å². The first kappa shape index (κ1) is 51.2. The standard InChI is InChI=1S/C51H56N4O13/c1-3-5-9-22-39(42(4-2)55(63)34-56)48(59)52-33-53-50(61)44-26-25-43(68-44)38-23-24-40(45(27-38)64-32-47(58)66-30-36-18-12-7-13-19-36)49(60)54-41(51(62)67-31-37-20-14-8-15-21-37)28-46(57)65-29-35-16-10-6-11-17-35/h6-8,10-21,23-27,34,39,41-42,63H,3-5,9,22,28-33H2,1-2H3,(H,52,59)(H,53,61)(H,54,60)/t39-,41+,42-/m1/s1. The van der Waals surface area contributed by atoms with Crippen molar-refractivity contribution >= 4 is 42.0 Å². The highest BCUT2D eigenvalue weighted by Gasteiger charge is 2.31. The summed E-state index contributed by atoms with van der Waals surface area (Å²) in [5, 5.41) is 18.4. The number of unbranched alkanes of at least 4 members (excludes halogenated alkanes) is 2. The van der Waals surface area contributed by atoms with E-state index in [0.29, 0.717) is 41.0 Å². The predicted molar refractivity (Wildman–Crippen MR) is 246 cm³/mol. The zero-order chi connectivity index (χ0) is 48.7. The molecule has 0 bridgehead atoms. The molecule has 0 spiro atoms. The van der Waals surface area contributed by atoms with Crippen molar-refractivity contribution in [2.24, 2.45) is 5.92 Å². The molecule has 17 nitrogen and oxygen atoms in total. The minimum atomic E-state index is -1.51. The summed E-state index contributed by atoms with van der Waals surface area (Å²) in [6, 6.07) is 31.6. The van der Waals surface area contributed by atoms with E-state index in [1.807, 2.05) is 19.1 Å². The number of hydroxylamine groups is 2. The van der Waals surface area contributed by atoms with Gasteiger partial charge in [0.05, 0.1) is 30.6 Å². The average molecular weight is 933 g/mol. The third-order valence-corrected chi connectivity index (χ3v) is 10.7. The van der Waals surface area contributed by atoms with Crippen LogP contribution in [0.2, 0.25) is 0 Å². The Morgan fingerprint density at radius 3 is 1.90 bits per heavy atom. The Hall–Kier alpha value is -7.79. The molecular weight excluding hydrogens is 877 g/mol. The van der Waals surface area contributed by atoms with E-state index in [-0.39, 0.29) is 55.7 Å². The molecule has 0 fully saturated rings. The Labute approximate surface area is 394 Å². The first-order valence-corrected chi connectivity index (χ1v) is 22.3. The second-order valence-electron chi connectivity index (χ2n) is 15.6. The molecule has 1 aromatic heterocycles. The van der Waals surface area contributed by atoms with Crippen molar-refractivity contribution in [2.75, 3.05) is 13.3 Å². The van der Waals surface area contributed by atoms with Crippen LogP contribution < -0.4 is 20.7 Å². The first-order chi connectivity index (χ1) is 33.0. The molecule has 4 aromatic carbocycles. The molecule has 0 aliphatic heterocycles. The molecule has 3 atom stereocenters. The number of benzene rings is 4. The second-order valence-corrected chi connectivity index (χ2v) is 15.6. The molecule has 0 saturated carbocycles. The number of nitrogens with one attached hydrogen (secondary N) is 3. The van der Waals surface area contributed by atoms with Gasteiger partial charge in [-0.2, -0.15) is 0 Å². The third-order valence-electron chi connectivity index (χ3n) is 10.7. The molecule has 4 N–H and O–H groups in total. The summed E-state index contributed by atoms with van der Waals surface area (Å²) < 4.78 is 28.0. The summed E-state index contributed by atoms with van der Waals surface area (Å²) in [6.45, 7) is 2.61. The van der Waals surface area contributed by atoms with Gasteiger partial charge in [0.25, 0.3) is 11.8 Å². The van der Waals surface area contributed by atoms with E-state index in [1.165, 1.54) is 30.3 Å². The largest absolute Gasteiger partial charge is 0.481 e. The van der Waals surface area contributed by atoms with Crippen LogP contribution in [0.1, 0.15) is 90.0 Å². The normalized spacial score (nSPS) is 12.0. The van der Waals surface area contributed by atoms with Crippen molar-refractivity contribution in [3.05, 3.63) is 149 Å². The maximum absolute atomic E-state index is 14.1. The number of nitrogens with zero attached hydrogens (tertiary/aromatic N) is 1. The summed E-state index contributed by atoms with van der Waals surface area (Å²) in [5.41, 5.74) is 2.30. The first-order valence-electron chi connectivity index (χ1n) is 22.3. The minimum Gasteiger partial charge on any atom is -0.481 e. The van der Waals surface area contributed by atoms with Crippen LogP contribution >= 0.6 is 0 Å². The molecule has 0 unspecified atom stereocenters. The van der Waals surface area contributed by atoms with Crippen LogP contribution in [-0.4, -0.2) is 77.7 Å². The zero-order valence-electron chi connectivity index (χ0n) is 37.9. The minimum absolute atomic E-state index is 0.0370. The lowest BCUT2D eigenvalue weighted by molar-refractivity contribution is -0.168. The van der Waals surface area contributed by atoms with Gasteiger partial charge < -0.3 is 39.3 Å². The highest BCUT2D eigenvalue weighted by atomic mass is 16.6. The van der Waals surface area contributed by atoms with Crippen LogP contribution in [0.4, 0.5) is 0 Å². The van der Waals surface area contributed by atoms with Crippen molar-refractivity contribution in [1.82, 2.24) is 21.0 Å². The summed E-state index contributed by atoms with van der Waals surface area (Å²) >= 11 is 0. The maximum atomic E-state index is 14.1. The number of furan rings is 1. The smallest absolute Gasteiger partial charge is 0.344 e. The molecule has 0 saturated heterocycles. The maximum Gasteiger partial charge on any atom is 0.344 e. The van der Waals surface area contributed by atoms with Crippen LogP contribution in [0.15, 0.2) is 126 Å². The summed E-state index contributed by atoms with van der Waals surface area (Å²) in [7, 11) is 0. The molecule has 4 amide bonds. The molecular formula is C51H56N4O13. The molecule has 68 heavy (non-hydrogen) atoms. The Morgan fingerprint density at radius 1 is 0.706 bits per heavy atom. The van der Waals surface area contributed by atoms with Crippen molar-refractivity contribution in [1.29, 1.82) is 0 Å². The highest BCUT2D eigenvalue weighted by molar-refractivity contribution is 6.00. The average Bonchev–Trinajstić information content (AvgIpc) is 3.87. The number of rotatable bonds is 27. The van der Waals surface area contributed by atoms with E-state index in [1.54, 1.807) is 85.8 Å². The van der Waals surface area contributed by atoms with Gasteiger partial charge in [0.1, 0.15) is 37.4 Å². The van der Waals surface area contributed by atoms with Crippen LogP contribution in [0, 0.1) is 5.92 Å². The lowest BCUT2D eigenvalue weighted by Crippen LogP contribution is -2.47. The zero-order valence-corrected chi connectivity index (χ0v) is 37.9. The molecule has 5 rings (SSSR count). The van der Waals surface area contributed by atoms with Gasteiger partial charge in [0.2, 0.25) is 12.3 Å².